The highest BCUT2D eigenvalue weighted by Crippen LogP contribution is 2.42. The van der Waals surface area contributed by atoms with Crippen LogP contribution in [0.4, 0.5) is 4.39 Å². The Bertz CT molecular complexity index is 995. The van der Waals surface area contributed by atoms with Crippen LogP contribution in [0.25, 0.3) is 11.3 Å². The Balaban J connectivity index is 1.62. The van der Waals surface area contributed by atoms with Crippen molar-refractivity contribution in [3.05, 3.63) is 70.7 Å². The SMILES string of the molecule is Cc1ccc2c(c1)-c1c(c(C(=O)NCc3ccc(F)cc3)nn1C)CS2. The first-order chi connectivity index (χ1) is 12.5. The van der Waals surface area contributed by atoms with E-state index in [1.807, 2.05) is 7.05 Å². The summed E-state index contributed by atoms with van der Waals surface area (Å²) < 4.78 is 14.8. The molecule has 1 amide bonds. The number of carbonyl (C=O) groups is 1. The summed E-state index contributed by atoms with van der Waals surface area (Å²) in [5.74, 6) is 0.228. The molecule has 0 aliphatic carbocycles. The van der Waals surface area contributed by atoms with E-state index in [4.69, 9.17) is 0 Å². The second-order valence-electron chi connectivity index (χ2n) is 6.40. The predicted molar refractivity (Wildman–Crippen MR) is 101 cm³/mol. The van der Waals surface area contributed by atoms with E-state index in [2.05, 4.69) is 35.5 Å². The van der Waals surface area contributed by atoms with Gasteiger partial charge in [-0.25, -0.2) is 4.39 Å². The van der Waals surface area contributed by atoms with Gasteiger partial charge >= 0.3 is 0 Å². The number of aromatic nitrogens is 2. The number of benzene rings is 2. The van der Waals surface area contributed by atoms with Crippen molar-refractivity contribution >= 4 is 17.7 Å². The zero-order valence-electron chi connectivity index (χ0n) is 14.5. The van der Waals surface area contributed by atoms with E-state index in [-0.39, 0.29) is 11.7 Å². The van der Waals surface area contributed by atoms with Crippen LogP contribution < -0.4 is 5.32 Å². The molecule has 4 rings (SSSR count). The van der Waals surface area contributed by atoms with Gasteiger partial charge in [-0.05, 0) is 36.8 Å². The number of nitrogens with one attached hydrogen (secondary N) is 1. The molecule has 132 valence electrons. The van der Waals surface area contributed by atoms with Crippen LogP contribution in [-0.4, -0.2) is 15.7 Å². The first-order valence-corrected chi connectivity index (χ1v) is 9.34. The van der Waals surface area contributed by atoms with Crippen LogP contribution in [-0.2, 0) is 19.3 Å². The number of carbonyl (C=O) groups excluding carboxylic acids is 1. The Morgan fingerprint density at radius 3 is 2.81 bits per heavy atom. The largest absolute Gasteiger partial charge is 0.347 e. The molecule has 1 aliphatic rings. The standard InChI is InChI=1S/C20H18FN3OS/c1-12-3-8-17-15(9-12)19-16(11-26-17)18(23-24(19)2)20(25)22-10-13-4-6-14(21)7-5-13/h3-9H,10-11H2,1-2H3,(H,22,25). The lowest BCUT2D eigenvalue weighted by Crippen LogP contribution is -2.24. The third kappa shape index (κ3) is 3.01. The fourth-order valence-electron chi connectivity index (χ4n) is 3.20. The number of hydrogen-bond donors (Lipinski definition) is 1. The van der Waals surface area contributed by atoms with Gasteiger partial charge in [0.05, 0.1) is 5.69 Å². The quantitative estimate of drug-likeness (QED) is 0.759. The van der Waals surface area contributed by atoms with E-state index < -0.39 is 0 Å². The molecule has 1 N–H and O–H groups in total. The Morgan fingerprint density at radius 1 is 1.27 bits per heavy atom. The van der Waals surface area contributed by atoms with Gasteiger partial charge in [-0.15, -0.1) is 11.8 Å². The average molecular weight is 367 g/mol. The lowest BCUT2D eigenvalue weighted by atomic mass is 10.0. The van der Waals surface area contributed by atoms with Crippen LogP contribution in [0.3, 0.4) is 0 Å². The first-order valence-electron chi connectivity index (χ1n) is 8.35. The lowest BCUT2D eigenvalue weighted by molar-refractivity contribution is 0.0944. The molecule has 0 saturated carbocycles. The molecule has 4 nitrogen and oxygen atoms in total. The molecule has 1 aromatic heterocycles. The number of halogens is 1. The van der Waals surface area contributed by atoms with Crippen molar-refractivity contribution in [1.29, 1.82) is 0 Å². The monoisotopic (exact) mass is 367 g/mol. The normalized spacial score (nSPS) is 12.4. The molecular formula is C20H18FN3OS. The van der Waals surface area contributed by atoms with Crippen LogP contribution in [0.1, 0.15) is 27.2 Å². The summed E-state index contributed by atoms with van der Waals surface area (Å²) in [5.41, 5.74) is 5.59. The minimum atomic E-state index is -0.287. The van der Waals surface area contributed by atoms with Crippen LogP contribution in [0.2, 0.25) is 0 Å². The second kappa shape index (κ2) is 6.61. The number of aryl methyl sites for hydroxylation is 2. The molecule has 26 heavy (non-hydrogen) atoms. The van der Waals surface area contributed by atoms with Crippen molar-refractivity contribution < 1.29 is 9.18 Å². The van der Waals surface area contributed by atoms with Gasteiger partial charge in [0.2, 0.25) is 0 Å². The predicted octanol–water partition coefficient (Wildman–Crippen LogP) is 4.07. The molecular weight excluding hydrogens is 349 g/mol. The fourth-order valence-corrected chi connectivity index (χ4v) is 4.25. The molecule has 2 heterocycles. The Hall–Kier alpha value is -2.60. The molecule has 0 fully saturated rings. The number of fused-ring (bicyclic) bond motifs is 3. The molecule has 0 spiro atoms. The maximum atomic E-state index is 13.0. The van der Waals surface area contributed by atoms with Crippen molar-refractivity contribution in [2.24, 2.45) is 7.05 Å². The first kappa shape index (κ1) is 16.8. The summed E-state index contributed by atoms with van der Waals surface area (Å²) in [6.45, 7) is 2.40. The highest BCUT2D eigenvalue weighted by molar-refractivity contribution is 7.98. The van der Waals surface area contributed by atoms with E-state index in [1.54, 1.807) is 28.6 Å². The summed E-state index contributed by atoms with van der Waals surface area (Å²) in [6.07, 6.45) is 0. The number of thioether (sulfide) groups is 1. The van der Waals surface area contributed by atoms with Crippen molar-refractivity contribution in [2.45, 2.75) is 24.1 Å². The average Bonchev–Trinajstić information content (AvgIpc) is 2.98. The van der Waals surface area contributed by atoms with Crippen LogP contribution in [0.15, 0.2) is 47.4 Å². The Morgan fingerprint density at radius 2 is 2.04 bits per heavy atom. The Kier molecular flexibility index (Phi) is 4.28. The van der Waals surface area contributed by atoms with Gasteiger partial charge in [-0.2, -0.15) is 5.10 Å². The van der Waals surface area contributed by atoms with E-state index in [0.717, 1.165) is 28.1 Å². The van der Waals surface area contributed by atoms with Crippen LogP contribution in [0.5, 0.6) is 0 Å². The van der Waals surface area contributed by atoms with Gasteiger partial charge in [0.1, 0.15) is 5.82 Å². The smallest absolute Gasteiger partial charge is 0.272 e. The Labute approximate surface area is 155 Å². The number of rotatable bonds is 3. The molecule has 0 bridgehead atoms. The summed E-state index contributed by atoms with van der Waals surface area (Å²) in [4.78, 5) is 13.9. The second-order valence-corrected chi connectivity index (χ2v) is 7.41. The van der Waals surface area contributed by atoms with Gasteiger partial charge in [-0.1, -0.05) is 23.8 Å². The van der Waals surface area contributed by atoms with Crippen LogP contribution >= 0.6 is 11.8 Å². The maximum absolute atomic E-state index is 13.0. The summed E-state index contributed by atoms with van der Waals surface area (Å²) in [5, 5.41) is 7.37. The van der Waals surface area contributed by atoms with Crippen molar-refractivity contribution in [1.82, 2.24) is 15.1 Å². The lowest BCUT2D eigenvalue weighted by Gasteiger charge is -2.17. The molecule has 3 aromatic rings. The van der Waals surface area contributed by atoms with Crippen molar-refractivity contribution in [3.63, 3.8) is 0 Å². The zero-order valence-corrected chi connectivity index (χ0v) is 15.4. The van der Waals surface area contributed by atoms with Gasteiger partial charge in [0, 0.05) is 35.4 Å². The highest BCUT2D eigenvalue weighted by Gasteiger charge is 2.27. The van der Waals surface area contributed by atoms with Crippen LogP contribution in [0, 0.1) is 12.7 Å². The fraction of sp³-hybridized carbons (Fsp3) is 0.200. The third-order valence-corrected chi connectivity index (χ3v) is 5.59. The number of hydrogen-bond acceptors (Lipinski definition) is 3. The summed E-state index contributed by atoms with van der Waals surface area (Å²) >= 11 is 1.73. The summed E-state index contributed by atoms with van der Waals surface area (Å²) in [7, 11) is 1.87. The molecule has 0 unspecified atom stereocenters. The van der Waals surface area contributed by atoms with Crippen molar-refractivity contribution in [3.8, 4) is 11.3 Å². The maximum Gasteiger partial charge on any atom is 0.272 e. The molecule has 0 atom stereocenters. The number of amides is 1. The van der Waals surface area contributed by atoms with Gasteiger partial charge in [-0.3, -0.25) is 9.48 Å². The molecule has 0 saturated heterocycles. The topological polar surface area (TPSA) is 46.9 Å². The molecule has 1 aliphatic heterocycles. The summed E-state index contributed by atoms with van der Waals surface area (Å²) in [6, 6.07) is 12.5. The number of nitrogens with zero attached hydrogens (tertiary/aromatic N) is 2. The third-order valence-electron chi connectivity index (χ3n) is 4.49. The van der Waals surface area contributed by atoms with E-state index in [9.17, 15) is 9.18 Å². The molecule has 0 radical (unpaired) electrons. The van der Waals surface area contributed by atoms with Gasteiger partial charge in [0.15, 0.2) is 5.69 Å². The van der Waals surface area contributed by atoms with Gasteiger partial charge in [0.25, 0.3) is 5.91 Å². The minimum Gasteiger partial charge on any atom is -0.347 e. The highest BCUT2D eigenvalue weighted by atomic mass is 32.2. The van der Waals surface area contributed by atoms with E-state index in [1.165, 1.54) is 22.6 Å². The van der Waals surface area contributed by atoms with Crippen molar-refractivity contribution in [2.75, 3.05) is 0 Å². The zero-order chi connectivity index (χ0) is 18.3. The minimum absolute atomic E-state index is 0.206. The van der Waals surface area contributed by atoms with Gasteiger partial charge < -0.3 is 5.32 Å². The van der Waals surface area contributed by atoms with E-state index >= 15 is 0 Å². The molecule has 6 heteroatoms. The van der Waals surface area contributed by atoms with E-state index in [0.29, 0.717) is 12.2 Å². The molecule has 2 aromatic carbocycles.